The van der Waals surface area contributed by atoms with Crippen LogP contribution in [-0.2, 0) is 19.1 Å². The van der Waals surface area contributed by atoms with Crippen molar-refractivity contribution in [2.24, 2.45) is 0 Å². The van der Waals surface area contributed by atoms with Gasteiger partial charge in [0.1, 0.15) is 0 Å². The summed E-state index contributed by atoms with van der Waals surface area (Å²) in [6.45, 7) is 5.96. The van der Waals surface area contributed by atoms with E-state index in [4.69, 9.17) is 9.47 Å². The summed E-state index contributed by atoms with van der Waals surface area (Å²) in [4.78, 5) is 53.7. The molecular formula is C20H25N3O6. The average Bonchev–Trinajstić information content (AvgIpc) is 3.02. The van der Waals surface area contributed by atoms with Crippen LogP contribution in [0, 0.1) is 0 Å². The number of anilines is 1. The molecule has 0 bridgehead atoms. The van der Waals surface area contributed by atoms with Crippen LogP contribution in [-0.4, -0.2) is 79.1 Å². The van der Waals surface area contributed by atoms with Gasteiger partial charge in [-0.1, -0.05) is 0 Å². The number of hydrogen-bond acceptors (Lipinski definition) is 7. The largest absolute Gasteiger partial charge is 0.462 e. The van der Waals surface area contributed by atoms with Crippen LogP contribution in [0.1, 0.15) is 30.6 Å². The summed E-state index contributed by atoms with van der Waals surface area (Å²) >= 11 is 0. The summed E-state index contributed by atoms with van der Waals surface area (Å²) in [5.41, 5.74) is 0.794. The predicted molar refractivity (Wildman–Crippen MR) is 103 cm³/mol. The number of carbonyl (C=O) groups excluding carboxylic acids is 4. The van der Waals surface area contributed by atoms with Gasteiger partial charge in [-0.25, -0.2) is 14.5 Å². The van der Waals surface area contributed by atoms with Crippen molar-refractivity contribution in [3.05, 3.63) is 29.8 Å². The molecule has 0 radical (unpaired) electrons. The van der Waals surface area contributed by atoms with E-state index in [-0.39, 0.29) is 30.9 Å². The molecule has 156 valence electrons. The van der Waals surface area contributed by atoms with Gasteiger partial charge in [-0.3, -0.25) is 14.5 Å². The number of esters is 1. The molecule has 1 atom stereocenters. The van der Waals surface area contributed by atoms with Gasteiger partial charge in [0.25, 0.3) is 5.91 Å². The quantitative estimate of drug-likeness (QED) is 0.539. The Bertz CT molecular complexity index is 786. The third-order valence-electron chi connectivity index (χ3n) is 5.04. The van der Waals surface area contributed by atoms with Crippen LogP contribution >= 0.6 is 0 Å². The number of amides is 3. The second-order valence-corrected chi connectivity index (χ2v) is 6.78. The van der Waals surface area contributed by atoms with E-state index in [1.807, 2.05) is 4.90 Å². The van der Waals surface area contributed by atoms with Gasteiger partial charge in [-0.05, 0) is 38.1 Å². The highest BCUT2D eigenvalue weighted by molar-refractivity contribution is 6.22. The fourth-order valence-electron chi connectivity index (χ4n) is 3.56. The van der Waals surface area contributed by atoms with Gasteiger partial charge in [0.2, 0.25) is 5.91 Å². The summed E-state index contributed by atoms with van der Waals surface area (Å²) < 4.78 is 9.95. The molecule has 0 N–H and O–H groups in total. The third kappa shape index (κ3) is 4.40. The van der Waals surface area contributed by atoms with Crippen LogP contribution in [0.4, 0.5) is 10.5 Å². The first-order valence-corrected chi connectivity index (χ1v) is 9.76. The predicted octanol–water partition coefficient (Wildman–Crippen LogP) is 1.27. The molecule has 0 saturated carbocycles. The van der Waals surface area contributed by atoms with Crippen molar-refractivity contribution in [2.75, 3.05) is 44.3 Å². The zero-order valence-corrected chi connectivity index (χ0v) is 16.6. The third-order valence-corrected chi connectivity index (χ3v) is 5.04. The van der Waals surface area contributed by atoms with Crippen molar-refractivity contribution in [1.82, 2.24) is 9.80 Å². The molecule has 2 aliphatic heterocycles. The number of nitrogens with zero attached hydrogens (tertiary/aromatic N) is 3. The van der Waals surface area contributed by atoms with Crippen molar-refractivity contribution in [3.63, 3.8) is 0 Å². The number of ether oxygens (including phenoxy) is 2. The lowest BCUT2D eigenvalue weighted by Gasteiger charge is -2.36. The zero-order chi connectivity index (χ0) is 21.0. The monoisotopic (exact) mass is 403 g/mol. The number of carbonyl (C=O) groups is 4. The van der Waals surface area contributed by atoms with Crippen LogP contribution in [0.15, 0.2) is 24.3 Å². The maximum Gasteiger partial charge on any atom is 0.409 e. The van der Waals surface area contributed by atoms with Crippen LogP contribution in [0.3, 0.4) is 0 Å². The van der Waals surface area contributed by atoms with E-state index in [1.54, 1.807) is 43.0 Å². The standard InChI is InChI=1S/C20H25N3O6/c1-3-28-19(26)14-5-7-15(8-6-14)23-17(24)13-16(18(23)25)21-9-11-22(12-10-21)20(27)29-4-2/h5-8,16H,3-4,9-13H2,1-2H3/t16-/m0/s1. The lowest BCUT2D eigenvalue weighted by molar-refractivity contribution is -0.123. The maximum absolute atomic E-state index is 12.9. The molecule has 0 spiro atoms. The number of benzene rings is 1. The van der Waals surface area contributed by atoms with E-state index >= 15 is 0 Å². The number of rotatable bonds is 5. The van der Waals surface area contributed by atoms with Gasteiger partial charge in [0, 0.05) is 26.2 Å². The number of imide groups is 1. The molecule has 9 heteroatoms. The molecule has 3 amide bonds. The topological polar surface area (TPSA) is 96.5 Å². The molecule has 2 aliphatic rings. The second-order valence-electron chi connectivity index (χ2n) is 6.78. The molecule has 29 heavy (non-hydrogen) atoms. The molecule has 1 aromatic rings. The van der Waals surface area contributed by atoms with E-state index in [0.717, 1.165) is 4.90 Å². The normalized spacial score (nSPS) is 20.1. The van der Waals surface area contributed by atoms with Gasteiger partial charge >= 0.3 is 12.1 Å². The fraction of sp³-hybridized carbons (Fsp3) is 0.500. The van der Waals surface area contributed by atoms with E-state index in [9.17, 15) is 19.2 Å². The summed E-state index contributed by atoms with van der Waals surface area (Å²) in [5, 5.41) is 0. The molecule has 9 nitrogen and oxygen atoms in total. The molecule has 2 fully saturated rings. The highest BCUT2D eigenvalue weighted by atomic mass is 16.6. The second kappa shape index (κ2) is 9.04. The van der Waals surface area contributed by atoms with E-state index < -0.39 is 12.0 Å². The molecule has 0 aromatic heterocycles. The van der Waals surface area contributed by atoms with Crippen LogP contribution < -0.4 is 4.90 Å². The highest BCUT2D eigenvalue weighted by Gasteiger charge is 2.43. The Morgan fingerprint density at radius 2 is 1.59 bits per heavy atom. The number of hydrogen-bond donors (Lipinski definition) is 0. The Morgan fingerprint density at radius 1 is 0.966 bits per heavy atom. The Balaban J connectivity index is 1.64. The first-order valence-electron chi connectivity index (χ1n) is 9.76. The molecule has 0 aliphatic carbocycles. The Kier molecular flexibility index (Phi) is 6.48. The zero-order valence-electron chi connectivity index (χ0n) is 16.6. The van der Waals surface area contributed by atoms with Gasteiger partial charge < -0.3 is 14.4 Å². The van der Waals surface area contributed by atoms with E-state index in [2.05, 4.69) is 0 Å². The lowest BCUT2D eigenvalue weighted by Crippen LogP contribution is -2.54. The van der Waals surface area contributed by atoms with Crippen molar-refractivity contribution in [1.29, 1.82) is 0 Å². The minimum Gasteiger partial charge on any atom is -0.462 e. The molecule has 2 heterocycles. The molecule has 3 rings (SSSR count). The van der Waals surface area contributed by atoms with E-state index in [1.165, 1.54) is 0 Å². The van der Waals surface area contributed by atoms with Crippen molar-refractivity contribution in [2.45, 2.75) is 26.3 Å². The number of piperazine rings is 1. The molecular weight excluding hydrogens is 378 g/mol. The van der Waals surface area contributed by atoms with Crippen LogP contribution in [0.25, 0.3) is 0 Å². The first-order chi connectivity index (χ1) is 14.0. The molecule has 0 unspecified atom stereocenters. The van der Waals surface area contributed by atoms with Gasteiger partial charge in [0.05, 0.1) is 36.9 Å². The van der Waals surface area contributed by atoms with Crippen molar-refractivity contribution >= 4 is 29.6 Å². The summed E-state index contributed by atoms with van der Waals surface area (Å²) in [6.07, 6.45) is -0.262. The maximum atomic E-state index is 12.9. The van der Waals surface area contributed by atoms with Gasteiger partial charge in [-0.2, -0.15) is 0 Å². The van der Waals surface area contributed by atoms with Crippen molar-refractivity contribution < 1.29 is 28.7 Å². The lowest BCUT2D eigenvalue weighted by atomic mass is 10.1. The fourth-order valence-corrected chi connectivity index (χ4v) is 3.56. The Hall–Kier alpha value is -2.94. The Morgan fingerprint density at radius 3 is 2.17 bits per heavy atom. The SMILES string of the molecule is CCOC(=O)c1ccc(N2C(=O)C[C@H](N3CCN(C(=O)OCC)CC3)C2=O)cc1. The summed E-state index contributed by atoms with van der Waals surface area (Å²) in [5.74, 6) is -1.02. The van der Waals surface area contributed by atoms with E-state index in [0.29, 0.717) is 44.0 Å². The van der Waals surface area contributed by atoms with Crippen LogP contribution in [0.2, 0.25) is 0 Å². The Labute approximate surface area is 169 Å². The van der Waals surface area contributed by atoms with Gasteiger partial charge in [0.15, 0.2) is 0 Å². The summed E-state index contributed by atoms with van der Waals surface area (Å²) in [7, 11) is 0. The highest BCUT2D eigenvalue weighted by Crippen LogP contribution is 2.27. The van der Waals surface area contributed by atoms with Crippen LogP contribution in [0.5, 0.6) is 0 Å². The molecule has 2 saturated heterocycles. The minimum atomic E-state index is -0.545. The van der Waals surface area contributed by atoms with Crippen molar-refractivity contribution in [3.8, 4) is 0 Å². The smallest absolute Gasteiger partial charge is 0.409 e. The average molecular weight is 403 g/mol. The summed E-state index contributed by atoms with van der Waals surface area (Å²) in [6, 6.07) is 5.68. The van der Waals surface area contributed by atoms with Gasteiger partial charge in [-0.15, -0.1) is 0 Å². The molecule has 1 aromatic carbocycles. The minimum absolute atomic E-state index is 0.0951. The first kappa shape index (κ1) is 20.8.